The molecule has 1 aliphatic rings. The molecule has 0 heterocycles. The summed E-state index contributed by atoms with van der Waals surface area (Å²) in [4.78, 5) is 11.6. The number of carbonyl (C=O) groups is 1. The van der Waals surface area contributed by atoms with Crippen LogP contribution in [0.1, 0.15) is 51.4 Å². The summed E-state index contributed by atoms with van der Waals surface area (Å²) in [5, 5.41) is 3.00. The fourth-order valence-electron chi connectivity index (χ4n) is 2.25. The Morgan fingerprint density at radius 1 is 1.11 bits per heavy atom. The van der Waals surface area contributed by atoms with Crippen molar-refractivity contribution >= 4 is 15.9 Å². The summed E-state index contributed by atoms with van der Waals surface area (Å²) in [6.45, 7) is 0.178. The first-order valence-corrected chi connectivity index (χ1v) is 8.60. The summed E-state index contributed by atoms with van der Waals surface area (Å²) >= 11 is 0. The Morgan fingerprint density at radius 3 is 2.22 bits per heavy atom. The van der Waals surface area contributed by atoms with Crippen LogP contribution in [0.2, 0.25) is 0 Å². The van der Waals surface area contributed by atoms with E-state index < -0.39 is 10.0 Å². The Morgan fingerprint density at radius 2 is 1.67 bits per heavy atom. The van der Waals surface area contributed by atoms with Gasteiger partial charge in [0.2, 0.25) is 15.9 Å². The first-order valence-electron chi connectivity index (χ1n) is 6.71. The van der Waals surface area contributed by atoms with Gasteiger partial charge >= 0.3 is 0 Å². The van der Waals surface area contributed by atoms with Gasteiger partial charge < -0.3 is 5.32 Å². The van der Waals surface area contributed by atoms with Gasteiger partial charge in [-0.3, -0.25) is 4.79 Å². The van der Waals surface area contributed by atoms with E-state index in [1.165, 1.54) is 32.1 Å². The maximum Gasteiger partial charge on any atom is 0.221 e. The fourth-order valence-corrected chi connectivity index (χ4v) is 2.72. The molecule has 106 valence electrons. The van der Waals surface area contributed by atoms with Gasteiger partial charge in [-0.05, 0) is 12.8 Å². The lowest BCUT2D eigenvalue weighted by atomic mass is 9.96. The van der Waals surface area contributed by atoms with E-state index in [2.05, 4.69) is 10.0 Å². The van der Waals surface area contributed by atoms with Gasteiger partial charge in [0.1, 0.15) is 0 Å². The zero-order chi connectivity index (χ0) is 13.4. The molecule has 0 aromatic rings. The second-order valence-corrected chi connectivity index (χ2v) is 6.86. The minimum atomic E-state index is -3.19. The number of rotatable bonds is 5. The second kappa shape index (κ2) is 7.74. The van der Waals surface area contributed by atoms with Gasteiger partial charge in [-0.15, -0.1) is 0 Å². The number of hydrogen-bond acceptors (Lipinski definition) is 3. The lowest BCUT2D eigenvalue weighted by Gasteiger charge is -2.21. The largest absolute Gasteiger partial charge is 0.353 e. The molecule has 1 saturated carbocycles. The molecule has 18 heavy (non-hydrogen) atoms. The molecule has 1 rings (SSSR count). The third kappa shape index (κ3) is 7.66. The molecular weight excluding hydrogens is 252 g/mol. The third-order valence-corrected chi connectivity index (χ3v) is 3.92. The maximum absolute atomic E-state index is 11.6. The molecule has 0 saturated heterocycles. The van der Waals surface area contributed by atoms with Crippen LogP contribution in [0.5, 0.6) is 0 Å². The summed E-state index contributed by atoms with van der Waals surface area (Å²) in [5.41, 5.74) is 0. The van der Waals surface area contributed by atoms with E-state index in [0.29, 0.717) is 0 Å². The van der Waals surface area contributed by atoms with Crippen LogP contribution in [0.4, 0.5) is 0 Å². The molecule has 2 N–H and O–H groups in total. The minimum Gasteiger partial charge on any atom is -0.353 e. The zero-order valence-electron chi connectivity index (χ0n) is 11.1. The predicted octanol–water partition coefficient (Wildman–Crippen LogP) is 1.15. The van der Waals surface area contributed by atoms with Crippen molar-refractivity contribution in [3.05, 3.63) is 0 Å². The smallest absolute Gasteiger partial charge is 0.221 e. The van der Waals surface area contributed by atoms with Crippen molar-refractivity contribution in [1.29, 1.82) is 0 Å². The average Bonchev–Trinajstić information content (AvgIpc) is 2.20. The second-order valence-electron chi connectivity index (χ2n) is 5.03. The van der Waals surface area contributed by atoms with Crippen molar-refractivity contribution in [3.8, 4) is 0 Å². The highest BCUT2D eigenvalue weighted by Gasteiger charge is 2.14. The molecule has 1 fully saturated rings. The summed E-state index contributed by atoms with van der Waals surface area (Å²) in [6, 6.07) is 0.274. The van der Waals surface area contributed by atoms with Gasteiger partial charge in [-0.1, -0.05) is 32.1 Å². The van der Waals surface area contributed by atoms with Crippen molar-refractivity contribution in [3.63, 3.8) is 0 Å². The SMILES string of the molecule is CS(=O)(=O)NCCC(=O)NC1CCCCCCC1. The van der Waals surface area contributed by atoms with Crippen molar-refractivity contribution in [2.75, 3.05) is 12.8 Å². The lowest BCUT2D eigenvalue weighted by molar-refractivity contribution is -0.121. The van der Waals surface area contributed by atoms with Crippen molar-refractivity contribution in [2.24, 2.45) is 0 Å². The van der Waals surface area contributed by atoms with Crippen molar-refractivity contribution < 1.29 is 13.2 Å². The summed E-state index contributed by atoms with van der Waals surface area (Å²) < 4.78 is 24.0. The first-order chi connectivity index (χ1) is 8.47. The van der Waals surface area contributed by atoms with Crippen molar-refractivity contribution in [2.45, 2.75) is 57.4 Å². The van der Waals surface area contributed by atoms with E-state index in [1.807, 2.05) is 0 Å². The molecule has 0 atom stereocenters. The summed E-state index contributed by atoms with van der Waals surface area (Å²) in [7, 11) is -3.19. The molecule has 0 aromatic carbocycles. The zero-order valence-corrected chi connectivity index (χ0v) is 11.9. The molecule has 0 radical (unpaired) electrons. The fraction of sp³-hybridized carbons (Fsp3) is 0.917. The standard InChI is InChI=1S/C12H24N2O3S/c1-18(16,17)13-10-9-12(15)14-11-7-5-3-2-4-6-8-11/h11,13H,2-10H2,1H3,(H,14,15). The normalized spacial score (nSPS) is 18.9. The molecule has 5 nitrogen and oxygen atoms in total. The Hall–Kier alpha value is -0.620. The lowest BCUT2D eigenvalue weighted by Crippen LogP contribution is -2.37. The van der Waals surface area contributed by atoms with Gasteiger partial charge in [-0.2, -0.15) is 0 Å². The molecule has 0 unspecified atom stereocenters. The minimum absolute atomic E-state index is 0.0586. The van der Waals surface area contributed by atoms with Crippen LogP contribution in [0.3, 0.4) is 0 Å². The summed E-state index contributed by atoms with van der Waals surface area (Å²) in [6.07, 6.45) is 9.56. The van der Waals surface area contributed by atoms with Crippen LogP contribution < -0.4 is 10.0 Å². The number of sulfonamides is 1. The van der Waals surface area contributed by atoms with E-state index in [4.69, 9.17) is 0 Å². The van der Waals surface area contributed by atoms with Crippen LogP contribution in [-0.4, -0.2) is 33.2 Å². The first kappa shape index (κ1) is 15.4. The topological polar surface area (TPSA) is 75.3 Å². The predicted molar refractivity (Wildman–Crippen MR) is 71.7 cm³/mol. The average molecular weight is 276 g/mol. The molecule has 0 aromatic heterocycles. The maximum atomic E-state index is 11.6. The number of carbonyl (C=O) groups excluding carboxylic acids is 1. The molecule has 1 aliphatic carbocycles. The highest BCUT2D eigenvalue weighted by molar-refractivity contribution is 7.88. The van der Waals surface area contributed by atoms with E-state index in [9.17, 15) is 13.2 Å². The Labute approximate surface area is 110 Å². The van der Waals surface area contributed by atoms with Crippen LogP contribution in [0.25, 0.3) is 0 Å². The van der Waals surface area contributed by atoms with Gasteiger partial charge in [0.15, 0.2) is 0 Å². The highest BCUT2D eigenvalue weighted by Crippen LogP contribution is 2.17. The number of amides is 1. The van der Waals surface area contributed by atoms with E-state index in [-0.39, 0.29) is 24.9 Å². The molecule has 6 heteroatoms. The molecule has 0 bridgehead atoms. The van der Waals surface area contributed by atoms with E-state index in [0.717, 1.165) is 19.1 Å². The number of hydrogen-bond donors (Lipinski definition) is 2. The third-order valence-electron chi connectivity index (χ3n) is 3.19. The van der Waals surface area contributed by atoms with Crippen LogP contribution in [0, 0.1) is 0 Å². The molecule has 0 aliphatic heterocycles. The monoisotopic (exact) mass is 276 g/mol. The van der Waals surface area contributed by atoms with Gasteiger partial charge in [0.25, 0.3) is 0 Å². The van der Waals surface area contributed by atoms with Gasteiger partial charge in [0.05, 0.1) is 6.26 Å². The quantitative estimate of drug-likeness (QED) is 0.791. The Balaban J connectivity index is 2.21. The van der Waals surface area contributed by atoms with Gasteiger partial charge in [0, 0.05) is 19.0 Å². The van der Waals surface area contributed by atoms with Gasteiger partial charge in [-0.25, -0.2) is 13.1 Å². The Kier molecular flexibility index (Phi) is 6.63. The van der Waals surface area contributed by atoms with E-state index >= 15 is 0 Å². The Bertz CT molecular complexity index is 346. The number of nitrogens with one attached hydrogen (secondary N) is 2. The van der Waals surface area contributed by atoms with E-state index in [1.54, 1.807) is 0 Å². The summed E-state index contributed by atoms with van der Waals surface area (Å²) in [5.74, 6) is -0.0586. The molecule has 1 amide bonds. The highest BCUT2D eigenvalue weighted by atomic mass is 32.2. The van der Waals surface area contributed by atoms with Crippen molar-refractivity contribution in [1.82, 2.24) is 10.0 Å². The van der Waals surface area contributed by atoms with Crippen LogP contribution >= 0.6 is 0 Å². The molecular formula is C12H24N2O3S. The molecule has 0 spiro atoms. The van der Waals surface area contributed by atoms with Crippen LogP contribution in [-0.2, 0) is 14.8 Å². The van der Waals surface area contributed by atoms with Crippen LogP contribution in [0.15, 0.2) is 0 Å².